The lowest BCUT2D eigenvalue weighted by Crippen LogP contribution is -2.36. The lowest BCUT2D eigenvalue weighted by Gasteiger charge is -2.13. The molecule has 1 atom stereocenters. The van der Waals surface area contributed by atoms with Gasteiger partial charge in [-0.15, -0.1) is 0 Å². The van der Waals surface area contributed by atoms with Crippen molar-refractivity contribution in [3.8, 4) is 0 Å². The predicted molar refractivity (Wildman–Crippen MR) is 67.7 cm³/mol. The fourth-order valence-corrected chi connectivity index (χ4v) is 1.72. The molecule has 0 saturated carbocycles. The second-order valence-electron chi connectivity index (χ2n) is 3.50. The molecule has 0 saturated heterocycles. The van der Waals surface area contributed by atoms with E-state index in [2.05, 4.69) is 15.3 Å². The fraction of sp³-hybridized carbons (Fsp3) is 0.500. The van der Waals surface area contributed by atoms with Gasteiger partial charge in [-0.05, 0) is 18.4 Å². The summed E-state index contributed by atoms with van der Waals surface area (Å²) in [4.78, 5) is 18.6. The smallest absolute Gasteiger partial charge is 0.320 e. The molecule has 1 rings (SSSR count). The number of nitrogens with two attached hydrogens (primary N) is 1. The van der Waals surface area contributed by atoms with Crippen molar-refractivity contribution in [2.24, 2.45) is 0 Å². The van der Waals surface area contributed by atoms with Gasteiger partial charge in [0.1, 0.15) is 6.04 Å². The lowest BCUT2D eigenvalue weighted by molar-refractivity contribution is -0.139. The molecule has 0 bridgehead atoms. The van der Waals surface area contributed by atoms with Gasteiger partial charge in [-0.3, -0.25) is 4.79 Å². The number of anilines is 1. The van der Waals surface area contributed by atoms with Gasteiger partial charge in [0.2, 0.25) is 5.95 Å². The molecular weight excluding hydrogens is 240 g/mol. The molecule has 1 heterocycles. The summed E-state index contributed by atoms with van der Waals surface area (Å²) in [6.45, 7) is 0.422. The third-order valence-corrected chi connectivity index (χ3v) is 2.83. The van der Waals surface area contributed by atoms with E-state index < -0.39 is 12.0 Å². The van der Waals surface area contributed by atoms with Crippen molar-refractivity contribution in [3.63, 3.8) is 0 Å². The van der Waals surface area contributed by atoms with E-state index in [1.54, 1.807) is 24.2 Å². The van der Waals surface area contributed by atoms with Crippen molar-refractivity contribution in [1.82, 2.24) is 15.3 Å². The summed E-state index contributed by atoms with van der Waals surface area (Å²) in [7, 11) is 0. The van der Waals surface area contributed by atoms with Crippen LogP contribution in [0, 0.1) is 0 Å². The van der Waals surface area contributed by atoms with Gasteiger partial charge in [-0.2, -0.15) is 11.8 Å². The summed E-state index contributed by atoms with van der Waals surface area (Å²) in [5.41, 5.74) is 6.17. The Morgan fingerprint density at radius 3 is 2.76 bits per heavy atom. The number of aromatic nitrogens is 2. The zero-order valence-electron chi connectivity index (χ0n) is 9.59. The van der Waals surface area contributed by atoms with Crippen LogP contribution >= 0.6 is 11.8 Å². The molecule has 0 aliphatic rings. The van der Waals surface area contributed by atoms with E-state index in [-0.39, 0.29) is 5.95 Å². The van der Waals surface area contributed by atoms with Crippen LogP contribution < -0.4 is 11.1 Å². The number of carboxylic acids is 1. The van der Waals surface area contributed by atoms with Crippen LogP contribution in [0.3, 0.4) is 0 Å². The Kier molecular flexibility index (Phi) is 5.71. The number of thioether (sulfide) groups is 1. The highest BCUT2D eigenvalue weighted by atomic mass is 32.2. The summed E-state index contributed by atoms with van der Waals surface area (Å²) < 4.78 is 0. The van der Waals surface area contributed by atoms with Gasteiger partial charge in [-0.25, -0.2) is 9.97 Å². The van der Waals surface area contributed by atoms with Gasteiger partial charge in [-0.1, -0.05) is 0 Å². The van der Waals surface area contributed by atoms with Crippen molar-refractivity contribution < 1.29 is 9.90 Å². The van der Waals surface area contributed by atoms with E-state index in [4.69, 9.17) is 10.8 Å². The number of aliphatic carboxylic acids is 1. The van der Waals surface area contributed by atoms with E-state index in [1.807, 2.05) is 6.26 Å². The Morgan fingerprint density at radius 2 is 2.24 bits per heavy atom. The van der Waals surface area contributed by atoms with Gasteiger partial charge in [0.15, 0.2) is 0 Å². The molecule has 6 nitrogen and oxygen atoms in total. The third kappa shape index (κ3) is 5.01. The molecule has 0 aliphatic carbocycles. The molecule has 0 unspecified atom stereocenters. The third-order valence-electron chi connectivity index (χ3n) is 2.19. The molecule has 0 aromatic carbocycles. The zero-order valence-corrected chi connectivity index (χ0v) is 10.4. The molecule has 0 amide bonds. The topological polar surface area (TPSA) is 101 Å². The van der Waals surface area contributed by atoms with Crippen LogP contribution in [0.5, 0.6) is 0 Å². The Bertz CT molecular complexity index is 358. The maximum Gasteiger partial charge on any atom is 0.320 e. The highest BCUT2D eigenvalue weighted by Gasteiger charge is 2.15. The Labute approximate surface area is 104 Å². The number of carboxylic acid groups (broad SMARTS) is 1. The molecule has 4 N–H and O–H groups in total. The van der Waals surface area contributed by atoms with Crippen LogP contribution in [-0.4, -0.2) is 39.1 Å². The highest BCUT2D eigenvalue weighted by Crippen LogP contribution is 2.03. The van der Waals surface area contributed by atoms with Gasteiger partial charge in [0.05, 0.1) is 0 Å². The normalized spacial score (nSPS) is 12.3. The minimum Gasteiger partial charge on any atom is -0.480 e. The van der Waals surface area contributed by atoms with Crippen LogP contribution in [0.25, 0.3) is 0 Å². The minimum absolute atomic E-state index is 0.214. The average Bonchev–Trinajstić information content (AvgIpc) is 2.31. The first-order valence-corrected chi connectivity index (χ1v) is 6.54. The summed E-state index contributed by atoms with van der Waals surface area (Å²) >= 11 is 1.63. The van der Waals surface area contributed by atoms with Crippen LogP contribution in [0.1, 0.15) is 12.0 Å². The number of hydrogen-bond donors (Lipinski definition) is 3. The number of carbonyl (C=O) groups is 1. The van der Waals surface area contributed by atoms with Crippen molar-refractivity contribution in [1.29, 1.82) is 0 Å². The van der Waals surface area contributed by atoms with Crippen molar-refractivity contribution in [2.45, 2.75) is 19.0 Å². The molecule has 94 valence electrons. The second kappa shape index (κ2) is 7.08. The number of hydrogen-bond acceptors (Lipinski definition) is 6. The second-order valence-corrected chi connectivity index (χ2v) is 4.49. The standard InChI is InChI=1S/C10H16N4O2S/c1-17-3-2-8(9(15)16)12-4-7-5-13-10(11)14-6-7/h5-6,8,12H,2-4H2,1H3,(H,15,16)(H2,11,13,14)/t8-/m1/s1. The van der Waals surface area contributed by atoms with Crippen molar-refractivity contribution in [2.75, 3.05) is 17.7 Å². The average molecular weight is 256 g/mol. The van der Waals surface area contributed by atoms with Gasteiger partial charge in [0.25, 0.3) is 0 Å². The first-order chi connectivity index (χ1) is 8.13. The molecule has 0 aliphatic heterocycles. The summed E-state index contributed by atoms with van der Waals surface area (Å²) in [6, 6.07) is -0.542. The first-order valence-electron chi connectivity index (χ1n) is 5.15. The van der Waals surface area contributed by atoms with Crippen LogP contribution in [0.2, 0.25) is 0 Å². The molecule has 0 fully saturated rings. The Balaban J connectivity index is 2.45. The summed E-state index contributed by atoms with van der Waals surface area (Å²) in [6.07, 6.45) is 5.71. The van der Waals surface area contributed by atoms with Gasteiger partial charge >= 0.3 is 5.97 Å². The maximum atomic E-state index is 11.0. The monoisotopic (exact) mass is 256 g/mol. The zero-order chi connectivity index (χ0) is 12.7. The minimum atomic E-state index is -0.838. The van der Waals surface area contributed by atoms with Gasteiger partial charge in [0, 0.05) is 24.5 Å². The van der Waals surface area contributed by atoms with E-state index in [9.17, 15) is 4.79 Å². The van der Waals surface area contributed by atoms with Crippen LogP contribution in [-0.2, 0) is 11.3 Å². The molecule has 0 spiro atoms. The molecular formula is C10H16N4O2S. The first kappa shape index (κ1) is 13.7. The molecule has 17 heavy (non-hydrogen) atoms. The maximum absolute atomic E-state index is 11.0. The van der Waals surface area contributed by atoms with Crippen molar-refractivity contribution in [3.05, 3.63) is 18.0 Å². The van der Waals surface area contributed by atoms with Crippen LogP contribution in [0.4, 0.5) is 5.95 Å². The van der Waals surface area contributed by atoms with E-state index >= 15 is 0 Å². The number of rotatable bonds is 7. The fourth-order valence-electron chi connectivity index (χ4n) is 1.25. The quantitative estimate of drug-likeness (QED) is 0.647. The molecule has 1 aromatic rings. The van der Waals surface area contributed by atoms with E-state index in [1.165, 1.54) is 0 Å². The molecule has 7 heteroatoms. The Morgan fingerprint density at radius 1 is 1.59 bits per heavy atom. The molecule has 1 aromatic heterocycles. The predicted octanol–water partition coefficient (Wildman–Crippen LogP) is 0.355. The van der Waals surface area contributed by atoms with E-state index in [0.717, 1.165) is 11.3 Å². The van der Waals surface area contributed by atoms with Gasteiger partial charge < -0.3 is 16.2 Å². The molecule has 0 radical (unpaired) electrons. The largest absolute Gasteiger partial charge is 0.480 e. The summed E-state index contributed by atoms with van der Waals surface area (Å²) in [5, 5.41) is 12.0. The highest BCUT2D eigenvalue weighted by molar-refractivity contribution is 7.98. The Hall–Kier alpha value is -1.34. The number of nitrogen functional groups attached to an aromatic ring is 1. The SMILES string of the molecule is CSCC[C@@H](NCc1cnc(N)nc1)C(=O)O. The summed E-state index contributed by atoms with van der Waals surface area (Å²) in [5.74, 6) is 0.184. The number of nitrogens with zero attached hydrogens (tertiary/aromatic N) is 2. The lowest BCUT2D eigenvalue weighted by atomic mass is 10.2. The van der Waals surface area contributed by atoms with Crippen LogP contribution in [0.15, 0.2) is 12.4 Å². The number of nitrogens with one attached hydrogen (secondary N) is 1. The van der Waals surface area contributed by atoms with Crippen molar-refractivity contribution >= 4 is 23.7 Å². The van der Waals surface area contributed by atoms with E-state index in [0.29, 0.717) is 13.0 Å².